The van der Waals surface area contributed by atoms with Crippen molar-refractivity contribution in [1.29, 1.82) is 0 Å². The van der Waals surface area contributed by atoms with Crippen LogP contribution >= 0.6 is 0 Å². The first-order valence-electron chi connectivity index (χ1n) is 7.32. The molecule has 0 unspecified atom stereocenters. The highest BCUT2D eigenvalue weighted by Gasteiger charge is 2.20. The van der Waals surface area contributed by atoms with Crippen LogP contribution in [0.3, 0.4) is 0 Å². The van der Waals surface area contributed by atoms with Crippen molar-refractivity contribution in [3.05, 3.63) is 35.4 Å². The maximum absolute atomic E-state index is 6.11. The van der Waals surface area contributed by atoms with Crippen molar-refractivity contribution >= 4 is 0 Å². The van der Waals surface area contributed by atoms with E-state index in [2.05, 4.69) is 45.0 Å². The zero-order valence-corrected chi connectivity index (χ0v) is 12.1. The lowest BCUT2D eigenvalue weighted by molar-refractivity contribution is 0.348. The normalized spacial score (nSPS) is 25.1. The third kappa shape index (κ3) is 3.84. The van der Waals surface area contributed by atoms with Crippen molar-refractivity contribution in [2.24, 2.45) is 11.7 Å². The van der Waals surface area contributed by atoms with Gasteiger partial charge in [-0.2, -0.15) is 0 Å². The van der Waals surface area contributed by atoms with Crippen LogP contribution in [0.15, 0.2) is 24.3 Å². The van der Waals surface area contributed by atoms with Crippen molar-refractivity contribution in [3.8, 4) is 0 Å². The second-order valence-electron chi connectivity index (χ2n) is 6.87. The van der Waals surface area contributed by atoms with E-state index in [4.69, 9.17) is 5.73 Å². The summed E-state index contributed by atoms with van der Waals surface area (Å²) in [6, 6.07) is 9.10. The smallest absolute Gasteiger partial charge is 0.0138 e. The standard InChI is InChI=1S/C17H27N/c1-13-7-9-15(10-8-13)16-6-4-5-14(11-16)12-17(2,3)18/h4-6,11,13,15H,7-10,12,18H2,1-3H3. The quantitative estimate of drug-likeness (QED) is 0.846. The van der Waals surface area contributed by atoms with E-state index in [1.54, 1.807) is 0 Å². The molecule has 0 spiro atoms. The fourth-order valence-corrected chi connectivity index (χ4v) is 3.08. The summed E-state index contributed by atoms with van der Waals surface area (Å²) < 4.78 is 0. The Balaban J connectivity index is 2.07. The van der Waals surface area contributed by atoms with E-state index in [0.29, 0.717) is 0 Å². The van der Waals surface area contributed by atoms with Crippen LogP contribution in [-0.2, 0) is 6.42 Å². The van der Waals surface area contributed by atoms with Gasteiger partial charge in [0, 0.05) is 5.54 Å². The van der Waals surface area contributed by atoms with Gasteiger partial charge in [0.25, 0.3) is 0 Å². The highest BCUT2D eigenvalue weighted by molar-refractivity contribution is 5.28. The largest absolute Gasteiger partial charge is 0.325 e. The molecule has 1 aromatic carbocycles. The summed E-state index contributed by atoms with van der Waals surface area (Å²) in [6.45, 7) is 6.58. The maximum atomic E-state index is 6.11. The van der Waals surface area contributed by atoms with Gasteiger partial charge in [-0.1, -0.05) is 44.0 Å². The molecule has 0 bridgehead atoms. The maximum Gasteiger partial charge on any atom is 0.0138 e. The summed E-state index contributed by atoms with van der Waals surface area (Å²) in [7, 11) is 0. The molecule has 18 heavy (non-hydrogen) atoms. The van der Waals surface area contributed by atoms with E-state index in [0.717, 1.165) is 18.3 Å². The second kappa shape index (κ2) is 5.44. The lowest BCUT2D eigenvalue weighted by Crippen LogP contribution is -2.34. The van der Waals surface area contributed by atoms with Gasteiger partial charge in [-0.05, 0) is 56.1 Å². The predicted octanol–water partition coefficient (Wildman–Crippen LogP) is 4.26. The van der Waals surface area contributed by atoms with Crippen LogP contribution in [0.1, 0.15) is 63.5 Å². The van der Waals surface area contributed by atoms with Crippen molar-refractivity contribution in [3.63, 3.8) is 0 Å². The van der Waals surface area contributed by atoms with Gasteiger partial charge in [0.2, 0.25) is 0 Å². The van der Waals surface area contributed by atoms with Gasteiger partial charge in [-0.25, -0.2) is 0 Å². The SMILES string of the molecule is CC1CCC(c2cccc(CC(C)(C)N)c2)CC1. The molecule has 1 saturated carbocycles. The molecule has 0 saturated heterocycles. The molecule has 0 atom stereocenters. The highest BCUT2D eigenvalue weighted by atomic mass is 14.7. The molecule has 0 aliphatic heterocycles. The van der Waals surface area contributed by atoms with Gasteiger partial charge in [-0.3, -0.25) is 0 Å². The van der Waals surface area contributed by atoms with Crippen molar-refractivity contribution in [2.45, 2.75) is 64.3 Å². The fraction of sp³-hybridized carbons (Fsp3) is 0.647. The van der Waals surface area contributed by atoms with Crippen LogP contribution in [0.4, 0.5) is 0 Å². The van der Waals surface area contributed by atoms with Crippen LogP contribution in [-0.4, -0.2) is 5.54 Å². The molecule has 1 heteroatoms. The number of rotatable bonds is 3. The van der Waals surface area contributed by atoms with Crippen molar-refractivity contribution in [2.75, 3.05) is 0 Å². The Hall–Kier alpha value is -0.820. The Labute approximate surface area is 112 Å². The van der Waals surface area contributed by atoms with Crippen LogP contribution in [0.2, 0.25) is 0 Å². The van der Waals surface area contributed by atoms with Gasteiger partial charge >= 0.3 is 0 Å². The summed E-state index contributed by atoms with van der Waals surface area (Å²) in [6.07, 6.45) is 6.45. The molecule has 2 rings (SSSR count). The van der Waals surface area contributed by atoms with Gasteiger partial charge in [0.1, 0.15) is 0 Å². The Bertz CT molecular complexity index is 381. The fourth-order valence-electron chi connectivity index (χ4n) is 3.08. The molecule has 0 aromatic heterocycles. The molecule has 2 N–H and O–H groups in total. The third-order valence-corrected chi connectivity index (χ3v) is 4.10. The molecule has 1 fully saturated rings. The molecule has 1 nitrogen and oxygen atoms in total. The zero-order valence-electron chi connectivity index (χ0n) is 12.1. The molecular formula is C17H27N. The molecular weight excluding hydrogens is 218 g/mol. The number of benzene rings is 1. The van der Waals surface area contributed by atoms with E-state index >= 15 is 0 Å². The Morgan fingerprint density at radius 2 is 1.83 bits per heavy atom. The minimum absolute atomic E-state index is 0.111. The van der Waals surface area contributed by atoms with E-state index in [1.807, 2.05) is 0 Å². The van der Waals surface area contributed by atoms with Gasteiger partial charge in [0.05, 0.1) is 0 Å². The van der Waals surface area contributed by atoms with Crippen molar-refractivity contribution in [1.82, 2.24) is 0 Å². The van der Waals surface area contributed by atoms with Gasteiger partial charge < -0.3 is 5.73 Å². The summed E-state index contributed by atoms with van der Waals surface area (Å²) in [5.74, 6) is 1.70. The Morgan fingerprint density at radius 1 is 1.17 bits per heavy atom. The first kappa shape index (κ1) is 13.6. The summed E-state index contributed by atoms with van der Waals surface area (Å²) in [5.41, 5.74) is 8.92. The second-order valence-corrected chi connectivity index (χ2v) is 6.87. The molecule has 1 aliphatic rings. The van der Waals surface area contributed by atoms with E-state index in [-0.39, 0.29) is 5.54 Å². The average Bonchev–Trinajstić information content (AvgIpc) is 2.28. The first-order chi connectivity index (χ1) is 8.44. The van der Waals surface area contributed by atoms with Gasteiger partial charge in [-0.15, -0.1) is 0 Å². The monoisotopic (exact) mass is 245 g/mol. The van der Waals surface area contributed by atoms with Crippen molar-refractivity contribution < 1.29 is 0 Å². The van der Waals surface area contributed by atoms with E-state index < -0.39 is 0 Å². The summed E-state index contributed by atoms with van der Waals surface area (Å²) in [4.78, 5) is 0. The highest BCUT2D eigenvalue weighted by Crippen LogP contribution is 2.35. The lowest BCUT2D eigenvalue weighted by atomic mass is 9.79. The molecule has 100 valence electrons. The average molecular weight is 245 g/mol. The van der Waals surface area contributed by atoms with Crippen LogP contribution in [0, 0.1) is 5.92 Å². The molecule has 0 heterocycles. The Kier molecular flexibility index (Phi) is 4.11. The number of hydrogen-bond acceptors (Lipinski definition) is 1. The lowest BCUT2D eigenvalue weighted by Gasteiger charge is -2.27. The van der Waals surface area contributed by atoms with Crippen LogP contribution in [0.25, 0.3) is 0 Å². The Morgan fingerprint density at radius 3 is 2.44 bits per heavy atom. The minimum Gasteiger partial charge on any atom is -0.325 e. The number of nitrogens with two attached hydrogens (primary N) is 1. The first-order valence-corrected chi connectivity index (χ1v) is 7.32. The third-order valence-electron chi connectivity index (χ3n) is 4.10. The molecule has 1 aliphatic carbocycles. The molecule has 1 aromatic rings. The molecule has 0 radical (unpaired) electrons. The molecule has 0 amide bonds. The van der Waals surface area contributed by atoms with Crippen LogP contribution in [0.5, 0.6) is 0 Å². The summed E-state index contributed by atoms with van der Waals surface area (Å²) in [5, 5.41) is 0. The van der Waals surface area contributed by atoms with Gasteiger partial charge in [0.15, 0.2) is 0 Å². The zero-order chi connectivity index (χ0) is 13.2. The number of hydrogen-bond donors (Lipinski definition) is 1. The summed E-state index contributed by atoms with van der Waals surface area (Å²) >= 11 is 0. The predicted molar refractivity (Wildman–Crippen MR) is 78.8 cm³/mol. The topological polar surface area (TPSA) is 26.0 Å². The minimum atomic E-state index is -0.111. The van der Waals surface area contributed by atoms with Crippen LogP contribution < -0.4 is 5.73 Å². The van der Waals surface area contributed by atoms with E-state index in [9.17, 15) is 0 Å². The van der Waals surface area contributed by atoms with E-state index in [1.165, 1.54) is 36.8 Å².